The van der Waals surface area contributed by atoms with Crippen LogP contribution < -0.4 is 9.47 Å². The molecule has 0 N–H and O–H groups in total. The van der Waals surface area contributed by atoms with Gasteiger partial charge in [0.2, 0.25) is 0 Å². The minimum Gasteiger partial charge on any atom is -0.490 e. The van der Waals surface area contributed by atoms with E-state index < -0.39 is 0 Å². The first-order valence-electron chi connectivity index (χ1n) is 9.56. The molecule has 0 saturated heterocycles. The van der Waals surface area contributed by atoms with E-state index in [1.807, 2.05) is 13.0 Å². The van der Waals surface area contributed by atoms with Crippen LogP contribution in [-0.4, -0.2) is 23.5 Å². The summed E-state index contributed by atoms with van der Waals surface area (Å²) in [6, 6.07) is 10.6. The highest BCUT2D eigenvalue weighted by molar-refractivity contribution is 9.10. The summed E-state index contributed by atoms with van der Waals surface area (Å²) in [6.45, 7) is 11.3. The number of fused-ring (bicyclic) bond motifs is 3. The average Bonchev–Trinajstić information content (AvgIpc) is 2.89. The Balaban J connectivity index is 1.98. The number of benzene rings is 2. The summed E-state index contributed by atoms with van der Waals surface area (Å²) < 4.78 is 13.3. The number of ether oxygens (including phenoxy) is 2. The molecule has 0 unspecified atom stereocenters. The van der Waals surface area contributed by atoms with Crippen molar-refractivity contribution in [1.29, 1.82) is 0 Å². The molecule has 4 heteroatoms. The lowest BCUT2D eigenvalue weighted by Gasteiger charge is -2.31. The number of nitrogens with zero attached hydrogens (tertiary/aromatic N) is 1. The fraction of sp³-hybridized carbons (Fsp3) is 0.435. The molecule has 0 aromatic heterocycles. The van der Waals surface area contributed by atoms with E-state index in [4.69, 9.17) is 14.5 Å². The van der Waals surface area contributed by atoms with Gasteiger partial charge in [-0.15, -0.1) is 0 Å². The van der Waals surface area contributed by atoms with Crippen molar-refractivity contribution in [3.05, 3.63) is 57.1 Å². The summed E-state index contributed by atoms with van der Waals surface area (Å²) in [5.74, 6) is 1.76. The Morgan fingerprint density at radius 1 is 1.15 bits per heavy atom. The first-order chi connectivity index (χ1) is 12.7. The quantitative estimate of drug-likeness (QED) is 0.625. The molecular formula is C23H26BrNO2. The van der Waals surface area contributed by atoms with Gasteiger partial charge in [-0.25, -0.2) is 0 Å². The zero-order valence-corrected chi connectivity index (χ0v) is 18.2. The van der Waals surface area contributed by atoms with E-state index in [1.54, 1.807) is 0 Å². The number of hydrogen-bond donors (Lipinski definition) is 0. The van der Waals surface area contributed by atoms with Crippen molar-refractivity contribution in [2.75, 3.05) is 6.61 Å². The van der Waals surface area contributed by atoms with Gasteiger partial charge in [-0.1, -0.05) is 28.1 Å². The van der Waals surface area contributed by atoms with Gasteiger partial charge in [0.1, 0.15) is 5.60 Å². The fourth-order valence-corrected chi connectivity index (χ4v) is 4.58. The number of aliphatic imine (C=N–C) groups is 1. The Morgan fingerprint density at radius 3 is 2.63 bits per heavy atom. The molecule has 0 atom stereocenters. The van der Waals surface area contributed by atoms with Crippen LogP contribution in [0.4, 0.5) is 0 Å². The molecule has 0 saturated carbocycles. The van der Waals surface area contributed by atoms with E-state index >= 15 is 0 Å². The highest BCUT2D eigenvalue weighted by Crippen LogP contribution is 2.48. The molecule has 4 rings (SSSR count). The molecular weight excluding hydrogens is 402 g/mol. The number of hydrogen-bond acceptors (Lipinski definition) is 3. The van der Waals surface area contributed by atoms with Gasteiger partial charge in [0.15, 0.2) is 11.5 Å². The van der Waals surface area contributed by atoms with E-state index in [9.17, 15) is 0 Å². The third-order valence-electron chi connectivity index (χ3n) is 5.08. The molecule has 2 heterocycles. The second-order valence-electron chi connectivity index (χ2n) is 8.65. The van der Waals surface area contributed by atoms with Gasteiger partial charge >= 0.3 is 0 Å². The maximum Gasteiger partial charge on any atom is 0.166 e. The van der Waals surface area contributed by atoms with E-state index in [-0.39, 0.29) is 11.1 Å². The zero-order chi connectivity index (χ0) is 19.4. The molecule has 27 heavy (non-hydrogen) atoms. The first-order valence-corrected chi connectivity index (χ1v) is 10.4. The summed E-state index contributed by atoms with van der Waals surface area (Å²) in [5, 5.41) is 0. The minimum atomic E-state index is -0.237. The van der Waals surface area contributed by atoms with E-state index in [1.165, 1.54) is 16.7 Å². The molecule has 0 radical (unpaired) electrons. The lowest BCUT2D eigenvalue weighted by Crippen LogP contribution is -2.30. The van der Waals surface area contributed by atoms with Crippen LogP contribution in [0.1, 0.15) is 56.9 Å². The van der Waals surface area contributed by atoms with Crippen LogP contribution in [0.2, 0.25) is 0 Å². The van der Waals surface area contributed by atoms with Crippen LogP contribution in [0.15, 0.2) is 39.8 Å². The lowest BCUT2D eigenvalue weighted by atomic mass is 9.81. The highest BCUT2D eigenvalue weighted by atomic mass is 79.9. The SMILES string of the molecule is CCOc1cc2c(c3c1OC(C)(C)C3)C(c1cccc(Br)c1)=NC(C)(C)C2. The number of halogens is 1. The van der Waals surface area contributed by atoms with Crippen molar-refractivity contribution in [1.82, 2.24) is 0 Å². The molecule has 2 aromatic carbocycles. The van der Waals surface area contributed by atoms with Crippen LogP contribution in [0.25, 0.3) is 0 Å². The molecule has 0 spiro atoms. The van der Waals surface area contributed by atoms with E-state index in [0.29, 0.717) is 6.61 Å². The van der Waals surface area contributed by atoms with Gasteiger partial charge in [-0.05, 0) is 64.8 Å². The summed E-state index contributed by atoms with van der Waals surface area (Å²) in [6.07, 6.45) is 1.76. The maximum atomic E-state index is 6.31. The van der Waals surface area contributed by atoms with Crippen molar-refractivity contribution in [2.45, 2.75) is 58.6 Å². The molecule has 0 aliphatic carbocycles. The maximum absolute atomic E-state index is 6.31. The van der Waals surface area contributed by atoms with E-state index in [2.05, 4.69) is 67.9 Å². The van der Waals surface area contributed by atoms with Crippen molar-refractivity contribution in [3.8, 4) is 11.5 Å². The zero-order valence-electron chi connectivity index (χ0n) is 16.6. The van der Waals surface area contributed by atoms with Crippen LogP contribution in [0, 0.1) is 0 Å². The predicted octanol–water partition coefficient (Wildman–Crippen LogP) is 5.73. The summed E-state index contributed by atoms with van der Waals surface area (Å²) >= 11 is 3.61. The highest BCUT2D eigenvalue weighted by Gasteiger charge is 2.39. The largest absolute Gasteiger partial charge is 0.490 e. The molecule has 142 valence electrons. The molecule has 2 aliphatic rings. The third-order valence-corrected chi connectivity index (χ3v) is 5.57. The summed E-state index contributed by atoms with van der Waals surface area (Å²) in [7, 11) is 0. The van der Waals surface area contributed by atoms with Gasteiger partial charge in [0.05, 0.1) is 17.9 Å². The Kier molecular flexibility index (Phi) is 4.38. The minimum absolute atomic E-state index is 0.155. The monoisotopic (exact) mass is 427 g/mol. The van der Waals surface area contributed by atoms with Gasteiger partial charge < -0.3 is 9.47 Å². The second-order valence-corrected chi connectivity index (χ2v) is 9.56. The average molecular weight is 428 g/mol. The van der Waals surface area contributed by atoms with Gasteiger partial charge in [-0.2, -0.15) is 0 Å². The van der Waals surface area contributed by atoms with Crippen LogP contribution >= 0.6 is 15.9 Å². The van der Waals surface area contributed by atoms with Gasteiger partial charge in [0.25, 0.3) is 0 Å². The summed E-state index contributed by atoms with van der Waals surface area (Å²) in [4.78, 5) is 5.17. The molecule has 3 nitrogen and oxygen atoms in total. The molecule has 2 aromatic rings. The normalized spacial score (nSPS) is 19.0. The Labute approximate surface area is 169 Å². The predicted molar refractivity (Wildman–Crippen MR) is 114 cm³/mol. The smallest absolute Gasteiger partial charge is 0.166 e. The van der Waals surface area contributed by atoms with Crippen molar-refractivity contribution in [2.24, 2.45) is 4.99 Å². The van der Waals surface area contributed by atoms with Gasteiger partial charge in [0, 0.05) is 27.6 Å². The topological polar surface area (TPSA) is 30.8 Å². The summed E-state index contributed by atoms with van der Waals surface area (Å²) in [5.41, 5.74) is 5.56. The van der Waals surface area contributed by atoms with Crippen LogP contribution in [-0.2, 0) is 12.8 Å². The molecule has 0 bridgehead atoms. The van der Waals surface area contributed by atoms with E-state index in [0.717, 1.165) is 40.1 Å². The number of rotatable bonds is 3. The third kappa shape index (κ3) is 3.40. The van der Waals surface area contributed by atoms with Crippen molar-refractivity contribution in [3.63, 3.8) is 0 Å². The van der Waals surface area contributed by atoms with Crippen LogP contribution in [0.5, 0.6) is 11.5 Å². The lowest BCUT2D eigenvalue weighted by molar-refractivity contribution is 0.132. The van der Waals surface area contributed by atoms with Crippen molar-refractivity contribution >= 4 is 21.6 Å². The van der Waals surface area contributed by atoms with Gasteiger partial charge in [-0.3, -0.25) is 4.99 Å². The Bertz CT molecular complexity index is 944. The second kappa shape index (κ2) is 6.37. The molecule has 2 aliphatic heterocycles. The standard InChI is InChI=1S/C23H26BrNO2/c1-6-26-18-11-15-12-22(2,3)25-20(14-8-7-9-16(24)10-14)19(15)17-13-23(4,5)27-21(17)18/h7-11H,6,12-13H2,1-5H3. The fourth-order valence-electron chi connectivity index (χ4n) is 4.18. The Hall–Kier alpha value is -1.81. The molecule has 0 fully saturated rings. The Morgan fingerprint density at radius 2 is 1.93 bits per heavy atom. The van der Waals surface area contributed by atoms with Crippen LogP contribution in [0.3, 0.4) is 0 Å². The van der Waals surface area contributed by atoms with Crippen molar-refractivity contribution < 1.29 is 9.47 Å². The molecule has 0 amide bonds. The first kappa shape index (κ1) is 18.5.